The first-order valence-electron chi connectivity index (χ1n) is 7.32. The summed E-state index contributed by atoms with van der Waals surface area (Å²) in [6.07, 6.45) is 0. The van der Waals surface area contributed by atoms with Gasteiger partial charge in [0.15, 0.2) is 11.5 Å². The van der Waals surface area contributed by atoms with Gasteiger partial charge in [-0.3, -0.25) is 4.79 Å². The van der Waals surface area contributed by atoms with Crippen LogP contribution in [0.1, 0.15) is 32.2 Å². The first-order valence-corrected chi connectivity index (χ1v) is 7.32. The number of carbonyl (C=O) groups is 2. The number of hydrogen-bond acceptors (Lipinski definition) is 6. The Labute approximate surface area is 144 Å². The van der Waals surface area contributed by atoms with E-state index in [0.717, 1.165) is 0 Å². The number of aromatic carboxylic acids is 1. The molecule has 2 N–H and O–H groups in total. The highest BCUT2D eigenvalue weighted by Gasteiger charge is 2.18. The standard InChI is InChI=1S/C17H19NO7/c1-9-12(17(20)21)7-11(25-9)8-18-16(19)10-5-13(22-2)15(24-4)14(6-10)23-3/h5-7H,8H2,1-4H3,(H,18,19)(H,20,21). The quantitative estimate of drug-likeness (QED) is 0.789. The summed E-state index contributed by atoms with van der Waals surface area (Å²) in [5, 5.41) is 11.7. The van der Waals surface area contributed by atoms with Gasteiger partial charge >= 0.3 is 5.97 Å². The zero-order valence-electron chi connectivity index (χ0n) is 14.3. The SMILES string of the molecule is COc1cc(C(=O)NCc2cc(C(=O)O)c(C)o2)cc(OC)c1OC. The molecule has 8 nitrogen and oxygen atoms in total. The Balaban J connectivity index is 2.18. The van der Waals surface area contributed by atoms with E-state index in [0.29, 0.717) is 28.6 Å². The fourth-order valence-electron chi connectivity index (χ4n) is 2.32. The molecule has 0 saturated heterocycles. The van der Waals surface area contributed by atoms with Crippen molar-refractivity contribution in [1.82, 2.24) is 5.32 Å². The lowest BCUT2D eigenvalue weighted by molar-refractivity contribution is 0.0694. The van der Waals surface area contributed by atoms with Gasteiger partial charge in [0.25, 0.3) is 5.91 Å². The molecule has 0 radical (unpaired) electrons. The van der Waals surface area contributed by atoms with Crippen molar-refractivity contribution in [2.75, 3.05) is 21.3 Å². The Morgan fingerprint density at radius 3 is 2.12 bits per heavy atom. The second-order valence-electron chi connectivity index (χ2n) is 5.08. The van der Waals surface area contributed by atoms with E-state index in [1.807, 2.05) is 0 Å². The van der Waals surface area contributed by atoms with Crippen molar-refractivity contribution in [3.05, 3.63) is 40.8 Å². The number of amides is 1. The molecule has 0 aliphatic rings. The van der Waals surface area contributed by atoms with E-state index in [2.05, 4.69) is 5.32 Å². The van der Waals surface area contributed by atoms with E-state index in [4.69, 9.17) is 23.7 Å². The molecule has 1 amide bonds. The zero-order valence-corrected chi connectivity index (χ0v) is 14.3. The van der Waals surface area contributed by atoms with Gasteiger partial charge in [0, 0.05) is 5.56 Å². The normalized spacial score (nSPS) is 10.2. The summed E-state index contributed by atoms with van der Waals surface area (Å²) < 4.78 is 20.9. The summed E-state index contributed by atoms with van der Waals surface area (Å²) in [4.78, 5) is 23.4. The Morgan fingerprint density at radius 2 is 1.68 bits per heavy atom. The average Bonchev–Trinajstić information content (AvgIpc) is 2.99. The molecule has 0 spiro atoms. The maximum atomic E-state index is 12.4. The third-order valence-corrected chi connectivity index (χ3v) is 3.55. The molecule has 8 heteroatoms. The van der Waals surface area contributed by atoms with E-state index in [1.165, 1.54) is 39.5 Å². The number of rotatable bonds is 7. The Kier molecular flexibility index (Phi) is 5.53. The lowest BCUT2D eigenvalue weighted by Crippen LogP contribution is -2.22. The number of carbonyl (C=O) groups excluding carboxylic acids is 1. The van der Waals surface area contributed by atoms with Crippen LogP contribution in [0.4, 0.5) is 0 Å². The molecule has 0 unspecified atom stereocenters. The summed E-state index contributed by atoms with van der Waals surface area (Å²) in [5.74, 6) is 0.242. The van der Waals surface area contributed by atoms with Crippen molar-refractivity contribution in [2.24, 2.45) is 0 Å². The molecule has 0 saturated carbocycles. The van der Waals surface area contributed by atoms with Gasteiger partial charge in [-0.15, -0.1) is 0 Å². The number of hydrogen-bond donors (Lipinski definition) is 2. The summed E-state index contributed by atoms with van der Waals surface area (Å²) in [5.41, 5.74) is 0.369. The minimum atomic E-state index is -1.08. The van der Waals surface area contributed by atoms with Crippen LogP contribution in [0.5, 0.6) is 17.2 Å². The summed E-state index contributed by atoms with van der Waals surface area (Å²) in [6.45, 7) is 1.59. The van der Waals surface area contributed by atoms with Gasteiger partial charge in [-0.05, 0) is 25.1 Å². The molecule has 1 aromatic heterocycles. The van der Waals surface area contributed by atoms with Gasteiger partial charge in [0.2, 0.25) is 5.75 Å². The molecule has 25 heavy (non-hydrogen) atoms. The molecule has 2 aromatic rings. The van der Waals surface area contributed by atoms with E-state index in [-0.39, 0.29) is 17.9 Å². The largest absolute Gasteiger partial charge is 0.493 e. The number of methoxy groups -OCH3 is 3. The summed E-state index contributed by atoms with van der Waals surface area (Å²) >= 11 is 0. The number of benzene rings is 1. The van der Waals surface area contributed by atoms with Crippen molar-refractivity contribution in [3.63, 3.8) is 0 Å². The fraction of sp³-hybridized carbons (Fsp3) is 0.294. The number of furan rings is 1. The van der Waals surface area contributed by atoms with Crippen LogP contribution < -0.4 is 19.5 Å². The summed E-state index contributed by atoms with van der Waals surface area (Å²) in [7, 11) is 4.38. The molecular weight excluding hydrogens is 330 g/mol. The molecule has 134 valence electrons. The topological polar surface area (TPSA) is 107 Å². The van der Waals surface area contributed by atoms with Crippen LogP contribution in [0, 0.1) is 6.92 Å². The second-order valence-corrected chi connectivity index (χ2v) is 5.08. The smallest absolute Gasteiger partial charge is 0.339 e. The second kappa shape index (κ2) is 7.61. The van der Waals surface area contributed by atoms with Crippen molar-refractivity contribution in [1.29, 1.82) is 0 Å². The third-order valence-electron chi connectivity index (χ3n) is 3.55. The molecule has 0 aliphatic heterocycles. The fourth-order valence-corrected chi connectivity index (χ4v) is 2.32. The van der Waals surface area contributed by atoms with E-state index >= 15 is 0 Å². The first kappa shape index (κ1) is 18.2. The van der Waals surface area contributed by atoms with Crippen LogP contribution in [0.25, 0.3) is 0 Å². The van der Waals surface area contributed by atoms with Crippen molar-refractivity contribution >= 4 is 11.9 Å². The Morgan fingerprint density at radius 1 is 1.08 bits per heavy atom. The Bertz CT molecular complexity index is 769. The van der Waals surface area contributed by atoms with Gasteiger partial charge in [0.05, 0.1) is 27.9 Å². The zero-order chi connectivity index (χ0) is 18.6. The molecular formula is C17H19NO7. The number of carboxylic acids is 1. The molecule has 2 rings (SSSR count). The van der Waals surface area contributed by atoms with Crippen LogP contribution in [-0.4, -0.2) is 38.3 Å². The van der Waals surface area contributed by atoms with Crippen LogP contribution >= 0.6 is 0 Å². The molecule has 0 atom stereocenters. The van der Waals surface area contributed by atoms with Crippen LogP contribution in [0.15, 0.2) is 22.6 Å². The molecule has 0 aliphatic carbocycles. The van der Waals surface area contributed by atoms with Crippen LogP contribution in [0.2, 0.25) is 0 Å². The number of ether oxygens (including phenoxy) is 3. The minimum absolute atomic E-state index is 0.0453. The Hall–Kier alpha value is -3.16. The van der Waals surface area contributed by atoms with Crippen LogP contribution in [0.3, 0.4) is 0 Å². The maximum Gasteiger partial charge on any atom is 0.339 e. The molecule has 0 bridgehead atoms. The maximum absolute atomic E-state index is 12.4. The van der Waals surface area contributed by atoms with Crippen molar-refractivity contribution in [2.45, 2.75) is 13.5 Å². The highest BCUT2D eigenvalue weighted by Crippen LogP contribution is 2.38. The lowest BCUT2D eigenvalue weighted by Gasteiger charge is -2.13. The number of nitrogens with one attached hydrogen (secondary N) is 1. The van der Waals surface area contributed by atoms with Crippen molar-refractivity contribution < 1.29 is 33.3 Å². The van der Waals surface area contributed by atoms with E-state index < -0.39 is 11.9 Å². The van der Waals surface area contributed by atoms with Gasteiger partial charge in [-0.25, -0.2) is 4.79 Å². The summed E-state index contributed by atoms with van der Waals surface area (Å²) in [6, 6.07) is 4.42. The van der Waals surface area contributed by atoms with E-state index in [1.54, 1.807) is 6.92 Å². The number of carboxylic acid groups (broad SMARTS) is 1. The third kappa shape index (κ3) is 3.85. The minimum Gasteiger partial charge on any atom is -0.493 e. The first-order chi connectivity index (χ1) is 11.9. The van der Waals surface area contributed by atoms with Gasteiger partial charge in [-0.1, -0.05) is 0 Å². The monoisotopic (exact) mass is 349 g/mol. The lowest BCUT2D eigenvalue weighted by atomic mass is 10.1. The van der Waals surface area contributed by atoms with Gasteiger partial charge in [0.1, 0.15) is 17.1 Å². The molecule has 0 fully saturated rings. The highest BCUT2D eigenvalue weighted by atomic mass is 16.5. The predicted octanol–water partition coefficient (Wildman–Crippen LogP) is 2.24. The highest BCUT2D eigenvalue weighted by molar-refractivity contribution is 5.95. The van der Waals surface area contributed by atoms with E-state index in [9.17, 15) is 9.59 Å². The van der Waals surface area contributed by atoms with Crippen molar-refractivity contribution in [3.8, 4) is 17.2 Å². The van der Waals surface area contributed by atoms with Crippen LogP contribution in [-0.2, 0) is 6.54 Å². The number of aryl methyl sites for hydroxylation is 1. The molecule has 1 heterocycles. The molecule has 1 aromatic carbocycles. The van der Waals surface area contributed by atoms with Gasteiger partial charge in [-0.2, -0.15) is 0 Å². The average molecular weight is 349 g/mol. The van der Waals surface area contributed by atoms with Gasteiger partial charge < -0.3 is 29.1 Å². The predicted molar refractivity (Wildman–Crippen MR) is 87.7 cm³/mol.